The minimum atomic E-state index is -4.51. The summed E-state index contributed by atoms with van der Waals surface area (Å²) in [6.45, 7) is 0. The summed E-state index contributed by atoms with van der Waals surface area (Å²) in [5.41, 5.74) is -0.564. The molecule has 0 spiro atoms. The summed E-state index contributed by atoms with van der Waals surface area (Å²) in [4.78, 5) is 12.4. The fraction of sp³-hybridized carbons (Fsp3) is 0.444. The van der Waals surface area contributed by atoms with Crippen LogP contribution >= 0.6 is 0 Å². The average molecular weight is 400 g/mol. The number of nitrogens with zero attached hydrogens (tertiary/aromatic N) is 2. The van der Waals surface area contributed by atoms with Gasteiger partial charge in [-0.05, 0) is 25.0 Å². The number of halogens is 5. The Hall–Kier alpha value is -2.65. The average Bonchev–Trinajstić information content (AvgIpc) is 3.04. The summed E-state index contributed by atoms with van der Waals surface area (Å²) in [5.74, 6) is -3.23. The van der Waals surface area contributed by atoms with Crippen molar-refractivity contribution in [1.29, 1.82) is 0 Å². The molecule has 1 amide bonds. The van der Waals surface area contributed by atoms with E-state index in [1.54, 1.807) is 0 Å². The van der Waals surface area contributed by atoms with Gasteiger partial charge in [0, 0.05) is 24.1 Å². The molecule has 5 nitrogen and oxygen atoms in total. The summed E-state index contributed by atoms with van der Waals surface area (Å²) in [7, 11) is 0. The van der Waals surface area contributed by atoms with E-state index < -0.39 is 35.7 Å². The van der Waals surface area contributed by atoms with E-state index in [-0.39, 0.29) is 23.2 Å². The molecule has 0 bridgehead atoms. The molecule has 1 aliphatic carbocycles. The lowest BCUT2D eigenvalue weighted by Crippen LogP contribution is -2.48. The highest BCUT2D eigenvalue weighted by Crippen LogP contribution is 2.47. The molecule has 150 valence electrons. The van der Waals surface area contributed by atoms with Crippen LogP contribution in [0.4, 0.5) is 33.5 Å². The van der Waals surface area contributed by atoms with Crippen LogP contribution in [0.3, 0.4) is 0 Å². The molecule has 0 unspecified atom stereocenters. The lowest BCUT2D eigenvalue weighted by molar-refractivity contribution is -0.189. The number of rotatable bonds is 2. The number of hydrogen-bond donors (Lipinski definition) is 2. The van der Waals surface area contributed by atoms with Crippen LogP contribution in [0.25, 0.3) is 0 Å². The Kier molecular flexibility index (Phi) is 4.51. The Balaban J connectivity index is 1.65. The molecule has 2 aliphatic rings. The van der Waals surface area contributed by atoms with E-state index in [4.69, 9.17) is 0 Å². The van der Waals surface area contributed by atoms with Gasteiger partial charge in [0.1, 0.15) is 17.5 Å². The number of alkyl halides is 3. The van der Waals surface area contributed by atoms with E-state index in [1.165, 1.54) is 6.07 Å². The van der Waals surface area contributed by atoms with Gasteiger partial charge in [0.15, 0.2) is 11.7 Å². The first kappa shape index (κ1) is 18.7. The van der Waals surface area contributed by atoms with Gasteiger partial charge in [0.25, 0.3) is 5.91 Å². The molecule has 10 heteroatoms. The molecule has 0 radical (unpaired) electrons. The molecule has 2 N–H and O–H groups in total. The minimum absolute atomic E-state index is 0.107. The van der Waals surface area contributed by atoms with Gasteiger partial charge in [0.05, 0.1) is 5.69 Å². The van der Waals surface area contributed by atoms with E-state index in [9.17, 15) is 26.7 Å². The number of carbonyl (C=O) groups is 1. The quantitative estimate of drug-likeness (QED) is 0.730. The Labute approximate surface area is 156 Å². The van der Waals surface area contributed by atoms with Crippen LogP contribution in [-0.4, -0.2) is 27.9 Å². The largest absolute Gasteiger partial charge is 0.411 e. The number of fused-ring (bicyclic) bond motifs is 2. The highest BCUT2D eigenvalue weighted by atomic mass is 19.4. The predicted molar refractivity (Wildman–Crippen MR) is 91.0 cm³/mol. The van der Waals surface area contributed by atoms with Crippen molar-refractivity contribution < 1.29 is 26.7 Å². The minimum Gasteiger partial charge on any atom is -0.367 e. The number of amides is 1. The van der Waals surface area contributed by atoms with Crippen molar-refractivity contribution in [3.63, 3.8) is 0 Å². The lowest BCUT2D eigenvalue weighted by Gasteiger charge is -2.43. The number of nitrogens with one attached hydrogen (secondary N) is 2. The second-order valence-electron chi connectivity index (χ2n) is 7.12. The molecule has 2 aromatic rings. The molecule has 1 aromatic carbocycles. The van der Waals surface area contributed by atoms with Gasteiger partial charge in [-0.15, -0.1) is 0 Å². The Morgan fingerprint density at radius 2 is 1.93 bits per heavy atom. The Morgan fingerprint density at radius 1 is 1.18 bits per heavy atom. The molecule has 28 heavy (non-hydrogen) atoms. The van der Waals surface area contributed by atoms with Gasteiger partial charge in [0.2, 0.25) is 0 Å². The maximum absolute atomic E-state index is 13.8. The number of carbonyl (C=O) groups excluding carboxylic acids is 1. The molecular weight excluding hydrogens is 383 g/mol. The number of hydrogen-bond acceptors (Lipinski definition) is 3. The van der Waals surface area contributed by atoms with Crippen LogP contribution in [0.15, 0.2) is 24.3 Å². The second-order valence-corrected chi connectivity index (χ2v) is 7.12. The molecular formula is C18H17F5N4O. The standard InChI is InChI=1S/C18H17F5N4O/c19-9-5-6-13(11(20)7-9)25-17(28)14-8-15-24-12-4-2-1-3-10(12)16(18(21,22)23)27(15)26-14/h5-8,10,12,16,24H,1-4H2,(H,25,28)/t10-,12+,16+/m1/s1. The van der Waals surface area contributed by atoms with Crippen LogP contribution < -0.4 is 10.6 Å². The molecule has 1 saturated carbocycles. The molecule has 1 aromatic heterocycles. The first-order chi connectivity index (χ1) is 13.2. The monoisotopic (exact) mass is 400 g/mol. The van der Waals surface area contributed by atoms with Crippen LogP contribution in [0.5, 0.6) is 0 Å². The van der Waals surface area contributed by atoms with Gasteiger partial charge >= 0.3 is 6.18 Å². The third-order valence-electron chi connectivity index (χ3n) is 5.30. The van der Waals surface area contributed by atoms with Crippen molar-refractivity contribution in [2.24, 2.45) is 5.92 Å². The first-order valence-corrected chi connectivity index (χ1v) is 8.93. The maximum Gasteiger partial charge on any atom is 0.411 e. The Bertz CT molecular complexity index is 910. The maximum atomic E-state index is 13.8. The van der Waals surface area contributed by atoms with Crippen molar-refractivity contribution in [3.8, 4) is 0 Å². The predicted octanol–water partition coefficient (Wildman–Crippen LogP) is 4.50. The number of benzene rings is 1. The van der Waals surface area contributed by atoms with Gasteiger partial charge < -0.3 is 10.6 Å². The van der Waals surface area contributed by atoms with Crippen molar-refractivity contribution in [3.05, 3.63) is 41.6 Å². The van der Waals surface area contributed by atoms with E-state index in [1.807, 2.05) is 0 Å². The second kappa shape index (κ2) is 6.75. The lowest BCUT2D eigenvalue weighted by atomic mass is 9.78. The summed E-state index contributed by atoms with van der Waals surface area (Å²) < 4.78 is 68.8. The van der Waals surface area contributed by atoms with Crippen LogP contribution in [-0.2, 0) is 0 Å². The van der Waals surface area contributed by atoms with E-state index in [0.717, 1.165) is 23.2 Å². The molecule has 3 atom stereocenters. The zero-order valence-electron chi connectivity index (χ0n) is 14.6. The normalized spacial score (nSPS) is 24.1. The zero-order valence-corrected chi connectivity index (χ0v) is 14.6. The van der Waals surface area contributed by atoms with E-state index in [0.29, 0.717) is 25.3 Å². The van der Waals surface area contributed by atoms with Gasteiger partial charge in [-0.1, -0.05) is 12.8 Å². The van der Waals surface area contributed by atoms with Gasteiger partial charge in [-0.3, -0.25) is 4.79 Å². The highest BCUT2D eigenvalue weighted by Gasteiger charge is 2.52. The molecule has 4 rings (SSSR count). The fourth-order valence-electron chi connectivity index (χ4n) is 4.07. The van der Waals surface area contributed by atoms with Crippen molar-refractivity contribution in [2.45, 2.75) is 43.9 Å². The third-order valence-corrected chi connectivity index (χ3v) is 5.30. The topological polar surface area (TPSA) is 59.0 Å². The van der Waals surface area contributed by atoms with Crippen molar-refractivity contribution in [1.82, 2.24) is 9.78 Å². The smallest absolute Gasteiger partial charge is 0.367 e. The summed E-state index contributed by atoms with van der Waals surface area (Å²) >= 11 is 0. The molecule has 0 saturated heterocycles. The number of aromatic nitrogens is 2. The third kappa shape index (κ3) is 3.31. The summed E-state index contributed by atoms with van der Waals surface area (Å²) in [5, 5.41) is 9.13. The zero-order chi connectivity index (χ0) is 20.1. The van der Waals surface area contributed by atoms with Gasteiger partial charge in [-0.2, -0.15) is 18.3 Å². The van der Waals surface area contributed by atoms with Crippen LogP contribution in [0.2, 0.25) is 0 Å². The fourth-order valence-corrected chi connectivity index (χ4v) is 4.07. The van der Waals surface area contributed by atoms with Crippen LogP contribution in [0.1, 0.15) is 42.2 Å². The van der Waals surface area contributed by atoms with E-state index >= 15 is 0 Å². The summed E-state index contributed by atoms with van der Waals surface area (Å²) in [6, 6.07) is 1.65. The van der Waals surface area contributed by atoms with Crippen molar-refractivity contribution >= 4 is 17.4 Å². The molecule has 2 heterocycles. The Morgan fingerprint density at radius 3 is 2.64 bits per heavy atom. The molecule has 1 fully saturated rings. The first-order valence-electron chi connectivity index (χ1n) is 8.93. The van der Waals surface area contributed by atoms with Crippen LogP contribution in [0, 0.1) is 17.6 Å². The number of anilines is 2. The molecule has 1 aliphatic heterocycles. The SMILES string of the molecule is O=C(Nc1ccc(F)cc1F)c1cc2n(n1)[C@H](C(F)(F)F)[C@@H]1CCCC[C@@H]1N2. The van der Waals surface area contributed by atoms with E-state index in [2.05, 4.69) is 15.7 Å². The summed E-state index contributed by atoms with van der Waals surface area (Å²) in [6.07, 6.45) is -1.93. The van der Waals surface area contributed by atoms with Crippen molar-refractivity contribution in [2.75, 3.05) is 10.6 Å². The highest BCUT2D eigenvalue weighted by molar-refractivity contribution is 6.03. The van der Waals surface area contributed by atoms with Gasteiger partial charge in [-0.25, -0.2) is 13.5 Å².